The fraction of sp³-hybridized carbons (Fsp3) is 0.667. The number of hydrogen-bond acceptors (Lipinski definition) is 5. The average molecular weight is 279 g/mol. The Kier molecular flexibility index (Phi) is 3.92. The molecule has 0 aliphatic carbocycles. The third kappa shape index (κ3) is 2.66. The van der Waals surface area contributed by atoms with Crippen molar-refractivity contribution in [2.45, 2.75) is 37.8 Å². The summed E-state index contributed by atoms with van der Waals surface area (Å²) in [6, 6.07) is 3.51. The molecule has 3 rings (SSSR count). The van der Waals surface area contributed by atoms with E-state index in [0.29, 0.717) is 24.7 Å². The highest BCUT2D eigenvalue weighted by molar-refractivity contribution is 5.95. The second kappa shape index (κ2) is 5.68. The second-order valence-electron chi connectivity index (χ2n) is 5.67. The van der Waals surface area contributed by atoms with E-state index in [-0.39, 0.29) is 17.3 Å². The van der Waals surface area contributed by atoms with Crippen LogP contribution in [0.5, 0.6) is 0 Å². The third-order valence-electron chi connectivity index (χ3n) is 4.37. The van der Waals surface area contributed by atoms with Crippen LogP contribution in [-0.4, -0.2) is 31.2 Å². The van der Waals surface area contributed by atoms with E-state index in [1.165, 1.54) is 0 Å². The van der Waals surface area contributed by atoms with Crippen LogP contribution in [0.15, 0.2) is 16.5 Å². The molecule has 0 radical (unpaired) electrons. The summed E-state index contributed by atoms with van der Waals surface area (Å²) in [5.74, 6) is 1.15. The molecular formula is C15H21NO4. The molecule has 20 heavy (non-hydrogen) atoms. The summed E-state index contributed by atoms with van der Waals surface area (Å²) in [6.07, 6.45) is 3.29. The number of nitrogens with two attached hydrogens (primary N) is 1. The van der Waals surface area contributed by atoms with Crippen molar-refractivity contribution < 1.29 is 18.7 Å². The van der Waals surface area contributed by atoms with Gasteiger partial charge in [0, 0.05) is 25.7 Å². The van der Waals surface area contributed by atoms with Gasteiger partial charge in [-0.2, -0.15) is 0 Å². The monoisotopic (exact) mass is 279 g/mol. The maximum atomic E-state index is 12.5. The van der Waals surface area contributed by atoms with Crippen LogP contribution >= 0.6 is 0 Å². The van der Waals surface area contributed by atoms with Crippen LogP contribution in [0.3, 0.4) is 0 Å². The van der Waals surface area contributed by atoms with Gasteiger partial charge in [-0.1, -0.05) is 0 Å². The molecule has 5 heteroatoms. The molecule has 0 saturated carbocycles. The van der Waals surface area contributed by atoms with Crippen molar-refractivity contribution in [2.24, 2.45) is 11.7 Å². The molecule has 2 N–H and O–H groups in total. The van der Waals surface area contributed by atoms with E-state index in [0.717, 1.165) is 38.9 Å². The van der Waals surface area contributed by atoms with E-state index in [9.17, 15) is 4.79 Å². The maximum absolute atomic E-state index is 12.5. The smallest absolute Gasteiger partial charge is 0.201 e. The number of furan rings is 1. The number of carbonyl (C=O) groups is 1. The fourth-order valence-electron chi connectivity index (χ4n) is 3.16. The van der Waals surface area contributed by atoms with E-state index in [4.69, 9.17) is 19.6 Å². The van der Waals surface area contributed by atoms with Crippen molar-refractivity contribution in [3.8, 4) is 0 Å². The Morgan fingerprint density at radius 3 is 2.80 bits per heavy atom. The lowest BCUT2D eigenvalue weighted by atomic mass is 9.79. The number of rotatable bonds is 3. The molecule has 0 bridgehead atoms. The van der Waals surface area contributed by atoms with Gasteiger partial charge in [-0.15, -0.1) is 0 Å². The zero-order chi connectivity index (χ0) is 14.0. The highest BCUT2D eigenvalue weighted by Crippen LogP contribution is 2.38. The minimum Gasteiger partial charge on any atom is -0.457 e. The van der Waals surface area contributed by atoms with Crippen LogP contribution in [0.25, 0.3) is 0 Å². The third-order valence-corrected chi connectivity index (χ3v) is 4.37. The summed E-state index contributed by atoms with van der Waals surface area (Å²) < 4.78 is 16.8. The van der Waals surface area contributed by atoms with Crippen molar-refractivity contribution in [1.82, 2.24) is 0 Å². The van der Waals surface area contributed by atoms with Crippen molar-refractivity contribution in [3.63, 3.8) is 0 Å². The van der Waals surface area contributed by atoms with E-state index >= 15 is 0 Å². The van der Waals surface area contributed by atoms with Crippen LogP contribution in [0.4, 0.5) is 0 Å². The molecule has 2 aliphatic rings. The van der Waals surface area contributed by atoms with Gasteiger partial charge in [0.2, 0.25) is 5.78 Å². The number of hydrogen-bond donors (Lipinski definition) is 1. The van der Waals surface area contributed by atoms with E-state index in [1.54, 1.807) is 12.1 Å². The summed E-state index contributed by atoms with van der Waals surface area (Å²) >= 11 is 0. The molecule has 1 aromatic rings. The van der Waals surface area contributed by atoms with Crippen molar-refractivity contribution in [1.29, 1.82) is 0 Å². The van der Waals surface area contributed by atoms with Crippen molar-refractivity contribution in [3.05, 3.63) is 23.7 Å². The number of Topliss-reactive ketones (excluding diaryl/α,β-unsaturated/α-hetero) is 1. The molecule has 1 aromatic heterocycles. The Labute approximate surface area is 118 Å². The predicted octanol–water partition coefficient (Wildman–Crippen LogP) is 1.90. The molecule has 2 fully saturated rings. The molecule has 1 spiro atoms. The SMILES string of the molecule is NCc1ccc(C(=O)C2CCOC3(CCOCC3)C2)o1. The Bertz CT molecular complexity index is 470. The largest absolute Gasteiger partial charge is 0.457 e. The van der Waals surface area contributed by atoms with E-state index in [2.05, 4.69) is 0 Å². The molecule has 2 aliphatic heterocycles. The lowest BCUT2D eigenvalue weighted by Crippen LogP contribution is -2.45. The maximum Gasteiger partial charge on any atom is 0.201 e. The highest BCUT2D eigenvalue weighted by atomic mass is 16.5. The average Bonchev–Trinajstić information content (AvgIpc) is 2.96. The van der Waals surface area contributed by atoms with Crippen LogP contribution in [-0.2, 0) is 16.0 Å². The van der Waals surface area contributed by atoms with Crippen LogP contribution in [0.1, 0.15) is 42.0 Å². The van der Waals surface area contributed by atoms with Gasteiger partial charge in [-0.05, 0) is 37.8 Å². The van der Waals surface area contributed by atoms with Gasteiger partial charge >= 0.3 is 0 Å². The van der Waals surface area contributed by atoms with Gasteiger partial charge in [0.25, 0.3) is 0 Å². The first-order valence-electron chi connectivity index (χ1n) is 7.27. The van der Waals surface area contributed by atoms with Gasteiger partial charge in [0.15, 0.2) is 5.76 Å². The minimum atomic E-state index is -0.167. The molecule has 1 atom stereocenters. The van der Waals surface area contributed by atoms with Gasteiger partial charge in [-0.3, -0.25) is 4.79 Å². The topological polar surface area (TPSA) is 74.7 Å². The fourth-order valence-corrected chi connectivity index (χ4v) is 3.16. The Morgan fingerprint density at radius 2 is 2.10 bits per heavy atom. The standard InChI is InChI=1S/C15H21NO4/c16-10-12-1-2-13(20-12)14(17)11-3-6-19-15(9-11)4-7-18-8-5-15/h1-2,11H,3-10,16H2. The van der Waals surface area contributed by atoms with Crippen molar-refractivity contribution >= 4 is 5.78 Å². The molecule has 0 aromatic carbocycles. The van der Waals surface area contributed by atoms with Gasteiger partial charge in [-0.25, -0.2) is 0 Å². The molecule has 1 unspecified atom stereocenters. The quantitative estimate of drug-likeness (QED) is 0.855. The van der Waals surface area contributed by atoms with Crippen LogP contribution < -0.4 is 5.73 Å². The van der Waals surface area contributed by atoms with Gasteiger partial charge < -0.3 is 19.6 Å². The molecule has 3 heterocycles. The summed E-state index contributed by atoms with van der Waals surface area (Å²) in [5, 5.41) is 0. The number of carbonyl (C=O) groups excluding carboxylic acids is 1. The summed E-state index contributed by atoms with van der Waals surface area (Å²) in [5.41, 5.74) is 5.35. The first kappa shape index (κ1) is 13.8. The molecule has 110 valence electrons. The highest BCUT2D eigenvalue weighted by Gasteiger charge is 2.41. The second-order valence-corrected chi connectivity index (χ2v) is 5.67. The Hall–Kier alpha value is -1.17. The lowest BCUT2D eigenvalue weighted by Gasteiger charge is -2.42. The zero-order valence-electron chi connectivity index (χ0n) is 11.6. The minimum absolute atomic E-state index is 0.0152. The van der Waals surface area contributed by atoms with Crippen LogP contribution in [0, 0.1) is 5.92 Å². The van der Waals surface area contributed by atoms with E-state index in [1.807, 2.05) is 0 Å². The molecular weight excluding hydrogens is 258 g/mol. The van der Waals surface area contributed by atoms with Crippen molar-refractivity contribution in [2.75, 3.05) is 19.8 Å². The van der Waals surface area contributed by atoms with E-state index < -0.39 is 0 Å². The zero-order valence-corrected chi connectivity index (χ0v) is 11.6. The number of ketones is 1. The molecule has 5 nitrogen and oxygen atoms in total. The van der Waals surface area contributed by atoms with Gasteiger partial charge in [0.05, 0.1) is 12.1 Å². The lowest BCUT2D eigenvalue weighted by molar-refractivity contribution is -0.142. The molecule has 2 saturated heterocycles. The first-order valence-corrected chi connectivity index (χ1v) is 7.27. The van der Waals surface area contributed by atoms with Crippen LogP contribution in [0.2, 0.25) is 0 Å². The molecule has 0 amide bonds. The van der Waals surface area contributed by atoms with Gasteiger partial charge in [0.1, 0.15) is 5.76 Å². The summed E-state index contributed by atoms with van der Waals surface area (Å²) in [7, 11) is 0. The Morgan fingerprint density at radius 1 is 1.30 bits per heavy atom. The number of ether oxygens (including phenoxy) is 2. The normalized spacial score (nSPS) is 25.8. The summed E-state index contributed by atoms with van der Waals surface area (Å²) in [6.45, 7) is 2.40. The first-order chi connectivity index (χ1) is 9.72. The Balaban J connectivity index is 1.71. The summed E-state index contributed by atoms with van der Waals surface area (Å²) in [4.78, 5) is 12.5. The predicted molar refractivity (Wildman–Crippen MR) is 72.4 cm³/mol.